The Kier molecular flexibility index (Phi) is 4.46. The maximum absolute atomic E-state index is 14.0. The van der Waals surface area contributed by atoms with Gasteiger partial charge in [-0.15, -0.1) is 0 Å². The van der Waals surface area contributed by atoms with E-state index in [0.29, 0.717) is 34.8 Å². The van der Waals surface area contributed by atoms with E-state index in [4.69, 9.17) is 20.8 Å². The fourth-order valence-electron chi connectivity index (χ4n) is 4.62. The summed E-state index contributed by atoms with van der Waals surface area (Å²) >= 11 is 6.19. The van der Waals surface area contributed by atoms with Crippen molar-refractivity contribution in [3.05, 3.63) is 70.3 Å². The molecule has 4 atom stereocenters. The van der Waals surface area contributed by atoms with Gasteiger partial charge < -0.3 is 14.1 Å². The third-order valence-electron chi connectivity index (χ3n) is 5.95. The van der Waals surface area contributed by atoms with Gasteiger partial charge in [-0.25, -0.2) is 4.39 Å². The molecule has 0 spiro atoms. The van der Waals surface area contributed by atoms with E-state index in [1.54, 1.807) is 35.2 Å². The molecule has 2 aliphatic heterocycles. The van der Waals surface area contributed by atoms with Crippen LogP contribution in [0.1, 0.15) is 36.6 Å². The second kappa shape index (κ2) is 7.02. The summed E-state index contributed by atoms with van der Waals surface area (Å²) in [4.78, 5) is 28.2. The fourth-order valence-corrected chi connectivity index (χ4v) is 4.82. The van der Waals surface area contributed by atoms with Gasteiger partial charge in [0.25, 0.3) is 5.91 Å². The standard InChI is InChI=1S/C22H19ClFNO4/c23-13-4-1-3-12(9-13)19-18-20(26)16-10-14(24)6-7-17(16)29-21(18)22(27)25(19)11-15-5-2-8-28-15/h1-5,8-9,14,16-17,19H,6-7,10-11H2. The third kappa shape index (κ3) is 3.06. The summed E-state index contributed by atoms with van der Waals surface area (Å²) in [6.45, 7) is 0.188. The van der Waals surface area contributed by atoms with Crippen LogP contribution in [0.4, 0.5) is 4.39 Å². The van der Waals surface area contributed by atoms with Gasteiger partial charge in [-0.2, -0.15) is 0 Å². The topological polar surface area (TPSA) is 59.8 Å². The summed E-state index contributed by atoms with van der Waals surface area (Å²) in [7, 11) is 0. The molecule has 1 aromatic heterocycles. The predicted octanol–water partition coefficient (Wildman–Crippen LogP) is 4.38. The van der Waals surface area contributed by atoms with E-state index in [2.05, 4.69) is 0 Å². The van der Waals surface area contributed by atoms with Crippen molar-refractivity contribution >= 4 is 23.3 Å². The summed E-state index contributed by atoms with van der Waals surface area (Å²) < 4.78 is 25.5. The van der Waals surface area contributed by atoms with Crippen molar-refractivity contribution < 1.29 is 23.1 Å². The summed E-state index contributed by atoms with van der Waals surface area (Å²) in [6.07, 6.45) is 0.984. The van der Waals surface area contributed by atoms with Gasteiger partial charge in [0.05, 0.1) is 30.3 Å². The number of ether oxygens (including phenoxy) is 1. The molecule has 5 rings (SSSR count). The molecule has 29 heavy (non-hydrogen) atoms. The summed E-state index contributed by atoms with van der Waals surface area (Å²) in [5.74, 6) is -0.422. The second-order valence-corrected chi connectivity index (χ2v) is 8.19. The highest BCUT2D eigenvalue weighted by Crippen LogP contribution is 2.47. The van der Waals surface area contributed by atoms with Crippen LogP contribution >= 0.6 is 11.6 Å². The highest BCUT2D eigenvalue weighted by atomic mass is 35.5. The van der Waals surface area contributed by atoms with Crippen molar-refractivity contribution in [2.24, 2.45) is 5.92 Å². The summed E-state index contributed by atoms with van der Waals surface area (Å²) in [6, 6.07) is 9.95. The van der Waals surface area contributed by atoms with Gasteiger partial charge in [0.1, 0.15) is 18.0 Å². The number of hydrogen-bond donors (Lipinski definition) is 0. The monoisotopic (exact) mass is 415 g/mol. The van der Waals surface area contributed by atoms with Crippen LogP contribution in [0, 0.1) is 5.92 Å². The molecule has 2 aromatic rings. The number of hydrogen-bond acceptors (Lipinski definition) is 4. The first-order valence-corrected chi connectivity index (χ1v) is 10.1. The van der Waals surface area contributed by atoms with Gasteiger partial charge in [0.15, 0.2) is 11.5 Å². The molecule has 1 aromatic carbocycles. The van der Waals surface area contributed by atoms with Crippen molar-refractivity contribution in [2.75, 3.05) is 0 Å². The number of carbonyl (C=O) groups is 2. The van der Waals surface area contributed by atoms with Crippen molar-refractivity contribution in [2.45, 2.75) is 44.1 Å². The van der Waals surface area contributed by atoms with Crippen molar-refractivity contribution in [1.82, 2.24) is 4.90 Å². The first-order chi connectivity index (χ1) is 14.0. The number of furan rings is 1. The number of rotatable bonds is 3. The van der Waals surface area contributed by atoms with Crippen molar-refractivity contribution in [3.8, 4) is 0 Å². The van der Waals surface area contributed by atoms with Crippen LogP contribution in [0.15, 0.2) is 58.4 Å². The molecule has 1 aliphatic carbocycles. The van der Waals surface area contributed by atoms with E-state index >= 15 is 0 Å². The van der Waals surface area contributed by atoms with Crippen molar-refractivity contribution in [1.29, 1.82) is 0 Å². The van der Waals surface area contributed by atoms with Gasteiger partial charge >= 0.3 is 0 Å². The van der Waals surface area contributed by atoms with E-state index in [9.17, 15) is 14.0 Å². The average Bonchev–Trinajstić information content (AvgIpc) is 3.31. The summed E-state index contributed by atoms with van der Waals surface area (Å²) in [5, 5.41) is 0.505. The molecule has 0 N–H and O–H groups in total. The quantitative estimate of drug-likeness (QED) is 0.746. The Morgan fingerprint density at radius 2 is 2.03 bits per heavy atom. The molecule has 1 fully saturated rings. The van der Waals surface area contributed by atoms with Crippen molar-refractivity contribution in [3.63, 3.8) is 0 Å². The smallest absolute Gasteiger partial charge is 0.290 e. The first kappa shape index (κ1) is 18.4. The second-order valence-electron chi connectivity index (χ2n) is 7.75. The van der Waals surface area contributed by atoms with Crippen LogP contribution in [0.5, 0.6) is 0 Å². The predicted molar refractivity (Wildman–Crippen MR) is 103 cm³/mol. The molecule has 5 nitrogen and oxygen atoms in total. The Morgan fingerprint density at radius 3 is 2.79 bits per heavy atom. The van der Waals surface area contributed by atoms with Gasteiger partial charge in [0.2, 0.25) is 0 Å². The Labute approximate surface area is 172 Å². The van der Waals surface area contributed by atoms with Crippen LogP contribution in [-0.4, -0.2) is 28.9 Å². The maximum Gasteiger partial charge on any atom is 0.290 e. The minimum absolute atomic E-state index is 0.0880. The molecule has 0 bridgehead atoms. The largest absolute Gasteiger partial charge is 0.483 e. The Bertz CT molecular complexity index is 1000. The third-order valence-corrected chi connectivity index (χ3v) is 6.18. The van der Waals surface area contributed by atoms with Crippen LogP contribution in [0.25, 0.3) is 0 Å². The zero-order valence-electron chi connectivity index (χ0n) is 15.5. The van der Waals surface area contributed by atoms with E-state index in [1.807, 2.05) is 6.07 Å². The molecular weight excluding hydrogens is 397 g/mol. The lowest BCUT2D eigenvalue weighted by Crippen LogP contribution is -2.42. The normalized spacial score (nSPS) is 29.0. The fraction of sp³-hybridized carbons (Fsp3) is 0.364. The molecule has 7 heteroatoms. The number of nitrogens with zero attached hydrogens (tertiary/aromatic N) is 1. The minimum Gasteiger partial charge on any atom is -0.483 e. The highest BCUT2D eigenvalue weighted by Gasteiger charge is 2.53. The molecule has 4 unspecified atom stereocenters. The Morgan fingerprint density at radius 1 is 1.17 bits per heavy atom. The lowest BCUT2D eigenvalue weighted by Gasteiger charge is -2.36. The van der Waals surface area contributed by atoms with Crippen LogP contribution in [-0.2, 0) is 20.9 Å². The molecule has 0 saturated heterocycles. The molecule has 3 aliphatic rings. The zero-order chi connectivity index (χ0) is 20.1. The van der Waals surface area contributed by atoms with E-state index in [1.165, 1.54) is 6.26 Å². The lowest BCUT2D eigenvalue weighted by molar-refractivity contribution is -0.136. The highest BCUT2D eigenvalue weighted by molar-refractivity contribution is 6.30. The number of halogens is 2. The number of alkyl halides is 1. The lowest BCUT2D eigenvalue weighted by atomic mass is 9.77. The summed E-state index contributed by atoms with van der Waals surface area (Å²) in [5.41, 5.74) is 1.02. The van der Waals surface area contributed by atoms with Crippen LogP contribution in [0.3, 0.4) is 0 Å². The van der Waals surface area contributed by atoms with E-state index in [-0.39, 0.29) is 30.4 Å². The maximum atomic E-state index is 14.0. The van der Waals surface area contributed by atoms with Crippen LogP contribution in [0.2, 0.25) is 5.02 Å². The molecule has 0 radical (unpaired) electrons. The van der Waals surface area contributed by atoms with Crippen LogP contribution < -0.4 is 0 Å². The molecule has 150 valence electrons. The SMILES string of the molecule is O=C1C2=C(OC3CCC(F)CC13)C(=O)N(Cc1ccco1)C2c1cccc(Cl)c1. The number of Topliss-reactive ketones (excluding diaryl/α,β-unsaturated/α-hetero) is 1. The van der Waals surface area contributed by atoms with E-state index in [0.717, 1.165) is 0 Å². The number of ketones is 1. The Balaban J connectivity index is 1.59. The Hall–Kier alpha value is -2.60. The van der Waals surface area contributed by atoms with Gasteiger partial charge in [0, 0.05) is 5.02 Å². The van der Waals surface area contributed by atoms with Gasteiger partial charge in [-0.1, -0.05) is 23.7 Å². The zero-order valence-corrected chi connectivity index (χ0v) is 16.3. The molecular formula is C22H19ClFNO4. The van der Waals surface area contributed by atoms with Gasteiger partial charge in [-0.3, -0.25) is 9.59 Å². The minimum atomic E-state index is -1.02. The van der Waals surface area contributed by atoms with Gasteiger partial charge in [-0.05, 0) is 49.1 Å². The average molecular weight is 416 g/mol. The number of carbonyl (C=O) groups excluding carboxylic acids is 2. The number of fused-ring (bicyclic) bond motifs is 1. The first-order valence-electron chi connectivity index (χ1n) is 9.71. The van der Waals surface area contributed by atoms with E-state index < -0.39 is 24.2 Å². The molecule has 3 heterocycles. The molecule has 1 amide bonds. The number of amides is 1. The number of benzene rings is 1. The molecule has 1 saturated carbocycles.